The molecule has 3 heterocycles. The van der Waals surface area contributed by atoms with Crippen molar-refractivity contribution >= 4 is 29.7 Å². The van der Waals surface area contributed by atoms with E-state index >= 15 is 4.39 Å². The number of hydrogen-bond acceptors (Lipinski definition) is 7. The van der Waals surface area contributed by atoms with E-state index in [0.717, 1.165) is 34.1 Å². The molecule has 10 nitrogen and oxygen atoms in total. The van der Waals surface area contributed by atoms with Crippen molar-refractivity contribution in [1.29, 1.82) is 0 Å². The molecular weight excluding hydrogens is 519 g/mol. The van der Waals surface area contributed by atoms with Crippen molar-refractivity contribution in [3.05, 3.63) is 61.7 Å². The minimum Gasteiger partial charge on any atom is -0.463 e. The molecule has 2 aliphatic rings. The van der Waals surface area contributed by atoms with Gasteiger partial charge in [0.1, 0.15) is 25.8 Å². The Morgan fingerprint density at radius 2 is 2.10 bits per heavy atom. The molecule has 11 heteroatoms. The molecule has 3 aromatic rings. The van der Waals surface area contributed by atoms with Gasteiger partial charge in [-0.2, -0.15) is 0 Å². The predicted octanol–water partition coefficient (Wildman–Crippen LogP) is 2.88. The number of amides is 2. The van der Waals surface area contributed by atoms with Crippen LogP contribution in [-0.4, -0.2) is 41.7 Å². The summed E-state index contributed by atoms with van der Waals surface area (Å²) in [6, 6.07) is 2.93. The molecule has 2 N–H and O–H groups in total. The molecule has 0 fully saturated rings. The fraction of sp³-hybridized carbons (Fsp3) is 0.414. The van der Waals surface area contributed by atoms with Gasteiger partial charge in [-0.25, -0.2) is 9.37 Å². The number of fused-ring (bicyclic) bond motifs is 4. The maximum atomic E-state index is 15.0. The maximum absolute atomic E-state index is 15.0. The number of aromatic nitrogens is 2. The maximum Gasteiger partial charge on any atom is 0.293 e. The molecule has 2 aromatic heterocycles. The van der Waals surface area contributed by atoms with Crippen LogP contribution in [0.1, 0.15) is 72.0 Å². The van der Waals surface area contributed by atoms with E-state index in [-0.39, 0.29) is 49.7 Å². The zero-order chi connectivity index (χ0) is 28.6. The van der Waals surface area contributed by atoms with E-state index in [0.29, 0.717) is 53.8 Å². The molecule has 0 spiro atoms. The van der Waals surface area contributed by atoms with Crippen LogP contribution in [0, 0.1) is 12.7 Å². The van der Waals surface area contributed by atoms with Crippen LogP contribution in [0.4, 0.5) is 4.39 Å². The van der Waals surface area contributed by atoms with E-state index < -0.39 is 6.04 Å². The number of carbonyl (C=O) groups excluding carboxylic acids is 3. The number of rotatable bonds is 11. The Kier molecular flexibility index (Phi) is 7.66. The normalized spacial score (nSPS) is 15.8. The topological polar surface area (TPSA) is 129 Å². The zero-order valence-corrected chi connectivity index (χ0v) is 22.6. The summed E-state index contributed by atoms with van der Waals surface area (Å²) in [5, 5.41) is 6.17. The molecule has 1 aliphatic heterocycles. The highest BCUT2D eigenvalue weighted by Gasteiger charge is 2.35. The molecule has 0 saturated carbocycles. The van der Waals surface area contributed by atoms with Crippen molar-refractivity contribution in [3.63, 3.8) is 0 Å². The Morgan fingerprint density at radius 3 is 2.83 bits per heavy atom. The van der Waals surface area contributed by atoms with Crippen molar-refractivity contribution in [1.82, 2.24) is 20.2 Å². The Morgan fingerprint density at radius 1 is 1.30 bits per heavy atom. The first kappa shape index (κ1) is 27.4. The van der Waals surface area contributed by atoms with E-state index in [1.165, 1.54) is 6.07 Å². The summed E-state index contributed by atoms with van der Waals surface area (Å²) in [5.74, 6) is -0.686. The first-order valence-electron chi connectivity index (χ1n) is 13.3. The standard InChI is InChI=1S/C29H31FN4O6/c1-4-15(2)18-7-24-28-19(9-34(24)29(38)20(18)10-40-14-36)27-22(32-25(37)11-39-13-31-12-35)6-5-17-16(3)21(30)8-23(33-28)26(17)27/h7-8,12,14-15,22H,4-6,9-11,13H2,1-3H3,(H,31,35)(H,32,37). The Hall–Kier alpha value is -4.12. The van der Waals surface area contributed by atoms with Crippen molar-refractivity contribution in [3.8, 4) is 11.4 Å². The molecule has 210 valence electrons. The molecule has 0 bridgehead atoms. The molecule has 5 rings (SSSR count). The van der Waals surface area contributed by atoms with Crippen LogP contribution in [-0.2, 0) is 43.4 Å². The average Bonchev–Trinajstić information content (AvgIpc) is 3.32. The number of benzene rings is 1. The number of pyridine rings is 2. The second-order valence-electron chi connectivity index (χ2n) is 10.3. The van der Waals surface area contributed by atoms with E-state index in [1.54, 1.807) is 11.5 Å². The number of ether oxygens (including phenoxy) is 2. The van der Waals surface area contributed by atoms with Gasteiger partial charge in [-0.3, -0.25) is 19.2 Å². The quantitative estimate of drug-likeness (QED) is 0.167. The smallest absolute Gasteiger partial charge is 0.293 e. The predicted molar refractivity (Wildman–Crippen MR) is 144 cm³/mol. The van der Waals surface area contributed by atoms with Crippen LogP contribution in [0.2, 0.25) is 0 Å². The van der Waals surface area contributed by atoms with Crippen molar-refractivity contribution < 1.29 is 28.2 Å². The SMILES string of the molecule is CCC(C)c1cc2n(c(=O)c1COC=O)Cc1c-2nc2cc(F)c(C)c3c2c1C(NC(=O)COCNC=O)CC3. The van der Waals surface area contributed by atoms with Gasteiger partial charge in [0.2, 0.25) is 12.3 Å². The van der Waals surface area contributed by atoms with Gasteiger partial charge in [0.25, 0.3) is 12.0 Å². The lowest BCUT2D eigenvalue weighted by Gasteiger charge is -2.29. The first-order valence-corrected chi connectivity index (χ1v) is 13.3. The molecule has 0 saturated heterocycles. The molecule has 1 aromatic carbocycles. The summed E-state index contributed by atoms with van der Waals surface area (Å²) < 4.78 is 26.8. The van der Waals surface area contributed by atoms with Crippen LogP contribution in [0.15, 0.2) is 16.9 Å². The fourth-order valence-electron chi connectivity index (χ4n) is 5.90. The summed E-state index contributed by atoms with van der Waals surface area (Å²) in [6.07, 6.45) is 2.33. The van der Waals surface area contributed by atoms with Crippen LogP contribution < -0.4 is 16.2 Å². The van der Waals surface area contributed by atoms with Crippen LogP contribution in [0.5, 0.6) is 0 Å². The van der Waals surface area contributed by atoms with Gasteiger partial charge >= 0.3 is 0 Å². The minimum atomic E-state index is -0.413. The summed E-state index contributed by atoms with van der Waals surface area (Å²) in [5.41, 5.74) is 5.62. The zero-order valence-electron chi connectivity index (χ0n) is 22.6. The number of halogens is 1. The summed E-state index contributed by atoms with van der Waals surface area (Å²) in [7, 11) is 0. The lowest BCUT2D eigenvalue weighted by Crippen LogP contribution is -2.35. The highest BCUT2D eigenvalue weighted by atomic mass is 19.1. The molecule has 2 atom stereocenters. The lowest BCUT2D eigenvalue weighted by atomic mass is 9.81. The summed E-state index contributed by atoms with van der Waals surface area (Å²) >= 11 is 0. The third kappa shape index (κ3) is 4.64. The van der Waals surface area contributed by atoms with Crippen molar-refractivity contribution in [2.45, 2.75) is 65.1 Å². The van der Waals surface area contributed by atoms with Gasteiger partial charge in [-0.1, -0.05) is 13.8 Å². The van der Waals surface area contributed by atoms with Crippen LogP contribution in [0.25, 0.3) is 22.3 Å². The third-order valence-electron chi connectivity index (χ3n) is 8.05. The van der Waals surface area contributed by atoms with Gasteiger partial charge in [-0.05, 0) is 60.4 Å². The van der Waals surface area contributed by atoms with Crippen LogP contribution in [0.3, 0.4) is 0 Å². The highest BCUT2D eigenvalue weighted by molar-refractivity contribution is 5.93. The highest BCUT2D eigenvalue weighted by Crippen LogP contribution is 2.45. The van der Waals surface area contributed by atoms with E-state index in [4.69, 9.17) is 14.5 Å². The van der Waals surface area contributed by atoms with Crippen LogP contribution >= 0.6 is 0 Å². The number of carbonyl (C=O) groups is 3. The van der Waals surface area contributed by atoms with Gasteiger partial charge in [0, 0.05) is 17.0 Å². The number of nitrogens with one attached hydrogen (secondary N) is 2. The first-order chi connectivity index (χ1) is 19.3. The van der Waals surface area contributed by atoms with Gasteiger partial charge in [-0.15, -0.1) is 0 Å². The largest absolute Gasteiger partial charge is 0.463 e. The number of nitrogens with zero attached hydrogens (tertiary/aromatic N) is 2. The van der Waals surface area contributed by atoms with Gasteiger partial charge in [0.05, 0.1) is 35.1 Å². The van der Waals surface area contributed by atoms with Gasteiger partial charge in [0.15, 0.2) is 0 Å². The second-order valence-corrected chi connectivity index (χ2v) is 10.3. The minimum absolute atomic E-state index is 0.0270. The number of hydrogen-bond donors (Lipinski definition) is 2. The number of aryl methyl sites for hydroxylation is 1. The molecule has 40 heavy (non-hydrogen) atoms. The third-order valence-corrected chi connectivity index (χ3v) is 8.05. The lowest BCUT2D eigenvalue weighted by molar-refractivity contribution is -0.130. The summed E-state index contributed by atoms with van der Waals surface area (Å²) in [4.78, 5) is 52.8. The van der Waals surface area contributed by atoms with Gasteiger partial charge < -0.3 is 24.7 Å². The fourth-order valence-corrected chi connectivity index (χ4v) is 5.90. The van der Waals surface area contributed by atoms with E-state index in [1.807, 2.05) is 19.9 Å². The molecule has 1 aliphatic carbocycles. The molecule has 0 radical (unpaired) electrons. The van der Waals surface area contributed by atoms with E-state index in [9.17, 15) is 19.2 Å². The van der Waals surface area contributed by atoms with Crippen molar-refractivity contribution in [2.24, 2.45) is 0 Å². The van der Waals surface area contributed by atoms with Crippen molar-refractivity contribution in [2.75, 3.05) is 13.3 Å². The Balaban J connectivity index is 1.67. The average molecular weight is 551 g/mol. The van der Waals surface area contributed by atoms with E-state index in [2.05, 4.69) is 10.6 Å². The Bertz CT molecular complexity index is 1580. The summed E-state index contributed by atoms with van der Waals surface area (Å²) in [6.45, 7) is 5.84. The molecular formula is C29H31FN4O6. The monoisotopic (exact) mass is 550 g/mol. The molecule has 2 amide bonds. The second kappa shape index (κ2) is 11.2. The Labute approximate surface area is 229 Å². The molecule has 2 unspecified atom stereocenters.